The number of ether oxygens (including phenoxy) is 1. The summed E-state index contributed by atoms with van der Waals surface area (Å²) in [6.45, 7) is 0. The van der Waals surface area contributed by atoms with E-state index in [0.29, 0.717) is 24.4 Å². The minimum Gasteiger partial charge on any atom is -0.481 e. The molecule has 2 aromatic heterocycles. The topological polar surface area (TPSA) is 64.1 Å². The highest BCUT2D eigenvalue weighted by molar-refractivity contribution is 6.00. The van der Waals surface area contributed by atoms with Gasteiger partial charge in [0.15, 0.2) is 0 Å². The third-order valence-electron chi connectivity index (χ3n) is 3.54. The molecule has 1 N–H and O–H groups in total. The monoisotopic (exact) mass is 307 g/mol. The molecule has 0 aliphatic carbocycles. The van der Waals surface area contributed by atoms with Crippen molar-refractivity contribution in [2.75, 3.05) is 12.4 Å². The van der Waals surface area contributed by atoms with Crippen LogP contribution in [0.1, 0.15) is 12.0 Å². The maximum Gasteiger partial charge on any atom is 0.224 e. The molecule has 1 amide bonds. The fraction of sp³-hybridized carbons (Fsp3) is 0.167. The van der Waals surface area contributed by atoms with Crippen LogP contribution in [0.5, 0.6) is 5.88 Å². The molecule has 0 saturated heterocycles. The molecule has 23 heavy (non-hydrogen) atoms. The smallest absolute Gasteiger partial charge is 0.224 e. The van der Waals surface area contributed by atoms with Crippen molar-refractivity contribution >= 4 is 22.5 Å². The van der Waals surface area contributed by atoms with E-state index in [0.717, 1.165) is 16.5 Å². The molecule has 1 aromatic carbocycles. The van der Waals surface area contributed by atoms with Gasteiger partial charge in [-0.3, -0.25) is 9.78 Å². The summed E-state index contributed by atoms with van der Waals surface area (Å²) in [6.07, 6.45) is 4.55. The first-order valence-electron chi connectivity index (χ1n) is 7.39. The van der Waals surface area contributed by atoms with E-state index in [-0.39, 0.29) is 5.91 Å². The van der Waals surface area contributed by atoms with E-state index in [9.17, 15) is 4.79 Å². The highest BCUT2D eigenvalue weighted by atomic mass is 16.5. The Hall–Kier alpha value is -2.95. The Labute approximate surface area is 134 Å². The molecular formula is C18H17N3O2. The standard InChI is InChI=1S/C18H17N3O2/c1-23-17-10-8-14-5-2-6-15(18(14)21-17)20-16(22)9-7-13-4-3-11-19-12-13/h2-6,8,10-12H,7,9H2,1H3,(H,20,22). The molecule has 0 spiro atoms. The van der Waals surface area contributed by atoms with Gasteiger partial charge in [0.2, 0.25) is 11.8 Å². The minimum absolute atomic E-state index is 0.0500. The molecule has 0 aliphatic rings. The average molecular weight is 307 g/mol. The van der Waals surface area contributed by atoms with E-state index in [1.54, 1.807) is 25.6 Å². The van der Waals surface area contributed by atoms with Crippen LogP contribution < -0.4 is 10.1 Å². The van der Waals surface area contributed by atoms with Crippen LogP contribution in [-0.4, -0.2) is 23.0 Å². The maximum absolute atomic E-state index is 12.2. The van der Waals surface area contributed by atoms with Gasteiger partial charge in [0.05, 0.1) is 18.3 Å². The number of benzene rings is 1. The molecule has 5 nitrogen and oxygen atoms in total. The predicted molar refractivity (Wildman–Crippen MR) is 89.5 cm³/mol. The highest BCUT2D eigenvalue weighted by Crippen LogP contribution is 2.24. The molecule has 2 heterocycles. The number of hydrogen-bond donors (Lipinski definition) is 1. The molecule has 0 atom stereocenters. The van der Waals surface area contributed by atoms with Gasteiger partial charge in [-0.25, -0.2) is 4.98 Å². The number of aromatic nitrogens is 2. The third kappa shape index (κ3) is 3.63. The molecule has 3 rings (SSSR count). The summed E-state index contributed by atoms with van der Waals surface area (Å²) < 4.78 is 5.16. The lowest BCUT2D eigenvalue weighted by Gasteiger charge is -2.09. The van der Waals surface area contributed by atoms with E-state index in [1.807, 2.05) is 36.4 Å². The van der Waals surface area contributed by atoms with Crippen LogP contribution in [0.4, 0.5) is 5.69 Å². The van der Waals surface area contributed by atoms with Gasteiger partial charge in [-0.1, -0.05) is 18.2 Å². The maximum atomic E-state index is 12.2. The number of methoxy groups -OCH3 is 1. The fourth-order valence-corrected chi connectivity index (χ4v) is 2.36. The summed E-state index contributed by atoms with van der Waals surface area (Å²) in [5.74, 6) is 0.473. The normalized spacial score (nSPS) is 10.5. The van der Waals surface area contributed by atoms with E-state index >= 15 is 0 Å². The average Bonchev–Trinajstić information content (AvgIpc) is 2.61. The Morgan fingerprint density at radius 3 is 2.87 bits per heavy atom. The quantitative estimate of drug-likeness (QED) is 0.786. The first kappa shape index (κ1) is 15.0. The fourth-order valence-electron chi connectivity index (χ4n) is 2.36. The number of nitrogens with one attached hydrogen (secondary N) is 1. The number of anilines is 1. The van der Waals surface area contributed by atoms with Crippen molar-refractivity contribution in [3.8, 4) is 5.88 Å². The minimum atomic E-state index is -0.0500. The first-order chi connectivity index (χ1) is 11.3. The lowest BCUT2D eigenvalue weighted by atomic mass is 10.1. The van der Waals surface area contributed by atoms with Gasteiger partial charge in [-0.05, 0) is 30.2 Å². The van der Waals surface area contributed by atoms with Crippen LogP contribution in [0.25, 0.3) is 10.9 Å². The molecule has 0 radical (unpaired) electrons. The van der Waals surface area contributed by atoms with Crippen LogP contribution >= 0.6 is 0 Å². The van der Waals surface area contributed by atoms with Crippen molar-refractivity contribution in [3.05, 3.63) is 60.4 Å². The summed E-state index contributed by atoms with van der Waals surface area (Å²) in [6, 6.07) is 13.2. The molecule has 3 aromatic rings. The third-order valence-corrected chi connectivity index (χ3v) is 3.54. The van der Waals surface area contributed by atoms with Gasteiger partial charge in [-0.15, -0.1) is 0 Å². The summed E-state index contributed by atoms with van der Waals surface area (Å²) in [4.78, 5) is 20.7. The number of fused-ring (bicyclic) bond motifs is 1. The van der Waals surface area contributed by atoms with Crippen LogP contribution in [0, 0.1) is 0 Å². The van der Waals surface area contributed by atoms with Crippen LogP contribution in [0.3, 0.4) is 0 Å². The van der Waals surface area contributed by atoms with Gasteiger partial charge in [0.1, 0.15) is 0 Å². The lowest BCUT2D eigenvalue weighted by Crippen LogP contribution is -2.13. The number of nitrogens with zero attached hydrogens (tertiary/aromatic N) is 2. The van der Waals surface area contributed by atoms with E-state index < -0.39 is 0 Å². The van der Waals surface area contributed by atoms with E-state index in [1.165, 1.54) is 0 Å². The van der Waals surface area contributed by atoms with Crippen molar-refractivity contribution in [1.29, 1.82) is 0 Å². The van der Waals surface area contributed by atoms with Crippen LogP contribution in [0.2, 0.25) is 0 Å². The number of rotatable bonds is 5. The Balaban J connectivity index is 1.74. The zero-order valence-corrected chi connectivity index (χ0v) is 12.8. The largest absolute Gasteiger partial charge is 0.481 e. The SMILES string of the molecule is COc1ccc2cccc(NC(=O)CCc3cccnc3)c2n1. The zero-order valence-electron chi connectivity index (χ0n) is 12.8. The van der Waals surface area contributed by atoms with Gasteiger partial charge < -0.3 is 10.1 Å². The van der Waals surface area contributed by atoms with Gasteiger partial charge >= 0.3 is 0 Å². The lowest BCUT2D eigenvalue weighted by molar-refractivity contribution is -0.116. The van der Waals surface area contributed by atoms with Gasteiger partial charge in [0.25, 0.3) is 0 Å². The second-order valence-electron chi connectivity index (χ2n) is 5.14. The molecular weight excluding hydrogens is 290 g/mol. The number of carbonyl (C=O) groups is 1. The second kappa shape index (κ2) is 6.87. The number of hydrogen-bond acceptors (Lipinski definition) is 4. The van der Waals surface area contributed by atoms with Crippen molar-refractivity contribution < 1.29 is 9.53 Å². The second-order valence-corrected chi connectivity index (χ2v) is 5.14. The Bertz CT molecular complexity index is 819. The van der Waals surface area contributed by atoms with Crippen molar-refractivity contribution in [2.24, 2.45) is 0 Å². The number of para-hydroxylation sites is 1. The van der Waals surface area contributed by atoms with E-state index in [4.69, 9.17) is 4.74 Å². The Morgan fingerprint density at radius 2 is 2.09 bits per heavy atom. The molecule has 0 bridgehead atoms. The van der Waals surface area contributed by atoms with Crippen molar-refractivity contribution in [2.45, 2.75) is 12.8 Å². The first-order valence-corrected chi connectivity index (χ1v) is 7.39. The number of carbonyl (C=O) groups excluding carboxylic acids is 1. The van der Waals surface area contributed by atoms with Crippen LogP contribution in [-0.2, 0) is 11.2 Å². The number of aryl methyl sites for hydroxylation is 1. The summed E-state index contributed by atoms with van der Waals surface area (Å²) in [5, 5.41) is 3.88. The highest BCUT2D eigenvalue weighted by Gasteiger charge is 2.08. The van der Waals surface area contributed by atoms with Gasteiger partial charge in [0, 0.05) is 30.3 Å². The molecule has 5 heteroatoms. The van der Waals surface area contributed by atoms with Crippen molar-refractivity contribution in [3.63, 3.8) is 0 Å². The number of pyridine rings is 2. The van der Waals surface area contributed by atoms with Gasteiger partial charge in [-0.2, -0.15) is 0 Å². The van der Waals surface area contributed by atoms with E-state index in [2.05, 4.69) is 15.3 Å². The molecule has 0 fully saturated rings. The molecule has 0 unspecified atom stereocenters. The van der Waals surface area contributed by atoms with Crippen molar-refractivity contribution in [1.82, 2.24) is 9.97 Å². The number of amides is 1. The molecule has 116 valence electrons. The van der Waals surface area contributed by atoms with Crippen LogP contribution in [0.15, 0.2) is 54.9 Å². The zero-order chi connectivity index (χ0) is 16.1. The predicted octanol–water partition coefficient (Wildman–Crippen LogP) is 3.21. The molecule has 0 saturated carbocycles. The Morgan fingerprint density at radius 1 is 1.17 bits per heavy atom. The summed E-state index contributed by atoms with van der Waals surface area (Å²) >= 11 is 0. The summed E-state index contributed by atoms with van der Waals surface area (Å²) in [7, 11) is 1.57. The Kier molecular flexibility index (Phi) is 4.47. The summed E-state index contributed by atoms with van der Waals surface area (Å²) in [5.41, 5.74) is 2.46. The molecule has 0 aliphatic heterocycles.